The zero-order valence-electron chi connectivity index (χ0n) is 12.3. The lowest BCUT2D eigenvalue weighted by Gasteiger charge is -2.28. The first-order valence-corrected chi connectivity index (χ1v) is 8.48. The molecule has 0 aliphatic carbocycles. The molecule has 3 rings (SSSR count). The highest BCUT2D eigenvalue weighted by Crippen LogP contribution is 2.23. The molecular weight excluding hydrogens is 268 g/mol. The van der Waals surface area contributed by atoms with Crippen molar-refractivity contribution in [1.29, 1.82) is 0 Å². The van der Waals surface area contributed by atoms with Gasteiger partial charge in [0.1, 0.15) is 0 Å². The molecule has 1 fully saturated rings. The first-order valence-electron chi connectivity index (χ1n) is 7.60. The fourth-order valence-corrected chi connectivity index (χ4v) is 3.97. The molecule has 1 aromatic heterocycles. The Bertz CT molecular complexity index is 462. The summed E-state index contributed by atoms with van der Waals surface area (Å²) in [6.07, 6.45) is 3.81. The quantitative estimate of drug-likeness (QED) is 0.680. The summed E-state index contributed by atoms with van der Waals surface area (Å²) in [7, 11) is 1.89. The normalized spacial score (nSPS) is 20.2. The molecule has 1 N–H and O–H groups in total. The Morgan fingerprint density at radius 2 is 2.20 bits per heavy atom. The number of thiophene rings is 1. The van der Waals surface area contributed by atoms with Gasteiger partial charge in [0, 0.05) is 51.2 Å². The minimum absolute atomic E-state index is 0.989. The summed E-state index contributed by atoms with van der Waals surface area (Å²) in [6.45, 7) is 6.70. The molecular formula is C15H24N4S. The molecule has 3 heterocycles. The van der Waals surface area contributed by atoms with E-state index in [1.54, 1.807) is 4.88 Å². The molecule has 0 radical (unpaired) electrons. The number of guanidine groups is 1. The van der Waals surface area contributed by atoms with Crippen LogP contribution in [0.5, 0.6) is 0 Å². The third-order valence-electron chi connectivity index (χ3n) is 4.22. The van der Waals surface area contributed by atoms with Crippen molar-refractivity contribution in [3.63, 3.8) is 0 Å². The molecule has 0 amide bonds. The summed E-state index contributed by atoms with van der Waals surface area (Å²) in [5.41, 5.74) is 1.53. The van der Waals surface area contributed by atoms with Crippen LogP contribution in [0.2, 0.25) is 0 Å². The molecule has 0 saturated carbocycles. The van der Waals surface area contributed by atoms with Crippen molar-refractivity contribution >= 4 is 17.3 Å². The minimum atomic E-state index is 0.989. The van der Waals surface area contributed by atoms with Gasteiger partial charge in [0.2, 0.25) is 0 Å². The van der Waals surface area contributed by atoms with Crippen molar-refractivity contribution < 1.29 is 0 Å². The molecule has 0 aromatic carbocycles. The van der Waals surface area contributed by atoms with Crippen molar-refractivity contribution in [2.45, 2.75) is 25.8 Å². The fraction of sp³-hybridized carbons (Fsp3) is 0.667. The van der Waals surface area contributed by atoms with E-state index >= 15 is 0 Å². The van der Waals surface area contributed by atoms with Crippen LogP contribution in [0.3, 0.4) is 0 Å². The van der Waals surface area contributed by atoms with E-state index in [0.29, 0.717) is 0 Å². The summed E-state index contributed by atoms with van der Waals surface area (Å²) >= 11 is 1.91. The van der Waals surface area contributed by atoms with E-state index in [9.17, 15) is 0 Å². The van der Waals surface area contributed by atoms with E-state index < -0.39 is 0 Å². The predicted octanol–water partition coefficient (Wildman–Crippen LogP) is 1.78. The molecule has 0 bridgehead atoms. The van der Waals surface area contributed by atoms with Gasteiger partial charge in [-0.15, -0.1) is 11.3 Å². The Kier molecular flexibility index (Phi) is 4.58. The second-order valence-electron chi connectivity index (χ2n) is 5.56. The summed E-state index contributed by atoms with van der Waals surface area (Å²) in [6, 6.07) is 2.28. The Balaban J connectivity index is 1.44. The number of hydrogen-bond donors (Lipinski definition) is 1. The highest BCUT2D eigenvalue weighted by atomic mass is 32.1. The van der Waals surface area contributed by atoms with E-state index in [4.69, 9.17) is 0 Å². The number of hydrogen-bond acceptors (Lipinski definition) is 3. The van der Waals surface area contributed by atoms with E-state index in [1.165, 1.54) is 31.4 Å². The van der Waals surface area contributed by atoms with Gasteiger partial charge in [-0.1, -0.05) is 0 Å². The number of rotatable bonds is 3. The molecule has 0 spiro atoms. The van der Waals surface area contributed by atoms with Crippen LogP contribution in [-0.2, 0) is 13.0 Å². The Hall–Kier alpha value is -1.07. The summed E-state index contributed by atoms with van der Waals surface area (Å²) in [5, 5.41) is 5.74. The lowest BCUT2D eigenvalue weighted by atomic mass is 10.1. The van der Waals surface area contributed by atoms with Crippen LogP contribution in [-0.4, -0.2) is 55.5 Å². The van der Waals surface area contributed by atoms with E-state index in [0.717, 1.165) is 38.7 Å². The highest BCUT2D eigenvalue weighted by molar-refractivity contribution is 7.10. The van der Waals surface area contributed by atoms with Gasteiger partial charge in [0.05, 0.1) is 0 Å². The minimum Gasteiger partial charge on any atom is -0.355 e. The van der Waals surface area contributed by atoms with Crippen LogP contribution in [0.4, 0.5) is 0 Å². The first-order chi connectivity index (χ1) is 9.86. The molecule has 2 aliphatic rings. The Morgan fingerprint density at radius 1 is 1.35 bits per heavy atom. The molecule has 0 unspecified atom stereocenters. The third kappa shape index (κ3) is 3.15. The van der Waals surface area contributed by atoms with Crippen molar-refractivity contribution in [2.24, 2.45) is 4.99 Å². The monoisotopic (exact) mass is 292 g/mol. The van der Waals surface area contributed by atoms with E-state index in [2.05, 4.69) is 31.6 Å². The van der Waals surface area contributed by atoms with Gasteiger partial charge in [0.25, 0.3) is 0 Å². The number of likely N-dealkylation sites (tertiary alicyclic amines) is 1. The second-order valence-corrected chi connectivity index (χ2v) is 6.56. The van der Waals surface area contributed by atoms with Gasteiger partial charge < -0.3 is 10.2 Å². The standard InChI is InChI=1S/C15H24N4S/c1-16-15(19-7-2-3-8-19)17-6-10-18-9-4-14-13(12-18)5-11-20-14/h5,11H,2-4,6-10,12H2,1H3,(H,16,17). The summed E-state index contributed by atoms with van der Waals surface area (Å²) in [4.78, 5) is 10.9. The zero-order valence-corrected chi connectivity index (χ0v) is 13.1. The smallest absolute Gasteiger partial charge is 0.193 e. The maximum Gasteiger partial charge on any atom is 0.193 e. The zero-order chi connectivity index (χ0) is 13.8. The topological polar surface area (TPSA) is 30.9 Å². The predicted molar refractivity (Wildman–Crippen MR) is 85.5 cm³/mol. The van der Waals surface area contributed by atoms with E-state index in [1.807, 2.05) is 18.4 Å². The van der Waals surface area contributed by atoms with Crippen LogP contribution < -0.4 is 5.32 Å². The van der Waals surface area contributed by atoms with Crippen LogP contribution in [0, 0.1) is 0 Å². The molecule has 1 saturated heterocycles. The van der Waals surface area contributed by atoms with Gasteiger partial charge in [-0.2, -0.15) is 0 Å². The van der Waals surface area contributed by atoms with Crippen LogP contribution >= 0.6 is 11.3 Å². The Labute approximate surface area is 125 Å². The Morgan fingerprint density at radius 3 is 3.00 bits per heavy atom. The number of fused-ring (bicyclic) bond motifs is 1. The lowest BCUT2D eigenvalue weighted by Crippen LogP contribution is -2.43. The maximum atomic E-state index is 4.39. The van der Waals surface area contributed by atoms with Crippen molar-refractivity contribution in [1.82, 2.24) is 15.1 Å². The first kappa shape index (κ1) is 13.9. The molecule has 0 atom stereocenters. The second kappa shape index (κ2) is 6.59. The highest BCUT2D eigenvalue weighted by Gasteiger charge is 2.18. The molecule has 20 heavy (non-hydrogen) atoms. The number of aliphatic imine (C=N–C) groups is 1. The van der Waals surface area contributed by atoms with Gasteiger partial charge in [0.15, 0.2) is 5.96 Å². The lowest BCUT2D eigenvalue weighted by molar-refractivity contribution is 0.259. The van der Waals surface area contributed by atoms with Crippen molar-refractivity contribution in [3.05, 3.63) is 21.9 Å². The van der Waals surface area contributed by atoms with Gasteiger partial charge in [-0.3, -0.25) is 9.89 Å². The molecule has 4 nitrogen and oxygen atoms in total. The molecule has 2 aliphatic heterocycles. The third-order valence-corrected chi connectivity index (χ3v) is 5.24. The van der Waals surface area contributed by atoms with Crippen molar-refractivity contribution in [2.75, 3.05) is 39.8 Å². The van der Waals surface area contributed by atoms with Crippen molar-refractivity contribution in [3.8, 4) is 0 Å². The summed E-state index contributed by atoms with van der Waals surface area (Å²) in [5.74, 6) is 1.08. The average molecular weight is 292 g/mol. The molecule has 1 aromatic rings. The van der Waals surface area contributed by atoms with Crippen LogP contribution in [0.25, 0.3) is 0 Å². The van der Waals surface area contributed by atoms with Gasteiger partial charge in [-0.05, 0) is 36.3 Å². The van der Waals surface area contributed by atoms with Gasteiger partial charge >= 0.3 is 0 Å². The van der Waals surface area contributed by atoms with E-state index in [-0.39, 0.29) is 0 Å². The SMILES string of the molecule is CN=C(NCCN1CCc2sccc2C1)N1CCCC1. The largest absolute Gasteiger partial charge is 0.355 e. The van der Waals surface area contributed by atoms with Gasteiger partial charge in [-0.25, -0.2) is 0 Å². The molecule has 110 valence electrons. The van der Waals surface area contributed by atoms with Crippen LogP contribution in [0.1, 0.15) is 23.3 Å². The number of nitrogens with one attached hydrogen (secondary N) is 1. The fourth-order valence-electron chi connectivity index (χ4n) is 3.08. The van der Waals surface area contributed by atoms with Crippen LogP contribution in [0.15, 0.2) is 16.4 Å². The average Bonchev–Trinajstić information content (AvgIpc) is 3.14. The number of nitrogens with zero attached hydrogens (tertiary/aromatic N) is 3. The maximum absolute atomic E-state index is 4.39. The molecule has 5 heteroatoms. The summed E-state index contributed by atoms with van der Waals surface area (Å²) < 4.78 is 0.